The second-order valence-corrected chi connectivity index (χ2v) is 12.0. The molecule has 0 spiro atoms. The van der Waals surface area contributed by atoms with Gasteiger partial charge in [-0.2, -0.15) is 5.26 Å². The summed E-state index contributed by atoms with van der Waals surface area (Å²) < 4.78 is 0. The van der Waals surface area contributed by atoms with E-state index in [0.29, 0.717) is 24.2 Å². The summed E-state index contributed by atoms with van der Waals surface area (Å²) >= 11 is 0. The minimum Gasteiger partial charge on any atom is -0.393 e. The van der Waals surface area contributed by atoms with Crippen LogP contribution in [0, 0.1) is 51.8 Å². The van der Waals surface area contributed by atoms with E-state index < -0.39 is 6.10 Å². The van der Waals surface area contributed by atoms with Crippen LogP contribution >= 0.6 is 0 Å². The third-order valence-electron chi connectivity index (χ3n) is 10.3. The molecular formula is C28H43NO3. The SMILES string of the molecule is CC(C#N)CCCCCC[C@H]1[C@H]2[C@@H]3CC[C@H](O)[C@@]3(C)CC[C@@H]2[C@@]2(C)CCC(=O)C=C2[C@@H]1O. The van der Waals surface area contributed by atoms with Crippen molar-refractivity contribution < 1.29 is 15.0 Å². The van der Waals surface area contributed by atoms with Crippen LogP contribution in [0.1, 0.15) is 97.8 Å². The molecule has 0 bridgehead atoms. The van der Waals surface area contributed by atoms with E-state index >= 15 is 0 Å². The van der Waals surface area contributed by atoms with Gasteiger partial charge in [0.25, 0.3) is 0 Å². The van der Waals surface area contributed by atoms with Gasteiger partial charge in [-0.15, -0.1) is 0 Å². The van der Waals surface area contributed by atoms with Crippen molar-refractivity contribution in [2.75, 3.05) is 0 Å². The fourth-order valence-electron chi connectivity index (χ4n) is 8.31. The first-order valence-corrected chi connectivity index (χ1v) is 13.2. The average molecular weight is 442 g/mol. The number of rotatable bonds is 7. The van der Waals surface area contributed by atoms with Crippen LogP contribution in [0.4, 0.5) is 0 Å². The number of aliphatic hydroxyl groups is 2. The molecule has 0 saturated heterocycles. The van der Waals surface area contributed by atoms with E-state index in [4.69, 9.17) is 5.26 Å². The van der Waals surface area contributed by atoms with Gasteiger partial charge in [-0.3, -0.25) is 4.79 Å². The molecule has 4 nitrogen and oxygen atoms in total. The second kappa shape index (κ2) is 9.22. The number of ketones is 1. The van der Waals surface area contributed by atoms with Crippen molar-refractivity contribution in [2.24, 2.45) is 40.4 Å². The highest BCUT2D eigenvalue weighted by Gasteiger charge is 2.63. The van der Waals surface area contributed by atoms with E-state index in [9.17, 15) is 15.0 Å². The Morgan fingerprint density at radius 1 is 1.09 bits per heavy atom. The fraction of sp³-hybridized carbons (Fsp3) is 0.857. The molecule has 0 aromatic rings. The summed E-state index contributed by atoms with van der Waals surface area (Å²) in [6.45, 7) is 6.60. The Hall–Kier alpha value is -1.18. The van der Waals surface area contributed by atoms with E-state index in [2.05, 4.69) is 19.9 Å². The molecule has 3 fully saturated rings. The van der Waals surface area contributed by atoms with Gasteiger partial charge in [0.2, 0.25) is 0 Å². The van der Waals surface area contributed by atoms with Crippen LogP contribution < -0.4 is 0 Å². The number of nitriles is 1. The molecule has 0 radical (unpaired) electrons. The van der Waals surface area contributed by atoms with Crippen molar-refractivity contribution in [2.45, 2.75) is 110 Å². The molecule has 2 N–H and O–H groups in total. The Bertz CT molecular complexity index is 784. The Labute approximate surface area is 194 Å². The van der Waals surface area contributed by atoms with Gasteiger partial charge in [0.05, 0.1) is 18.3 Å². The molecule has 0 aliphatic heterocycles. The molecule has 0 aromatic carbocycles. The lowest BCUT2D eigenvalue weighted by Crippen LogP contribution is -2.58. The highest BCUT2D eigenvalue weighted by atomic mass is 16.3. The summed E-state index contributed by atoms with van der Waals surface area (Å²) in [4.78, 5) is 12.3. The van der Waals surface area contributed by atoms with Gasteiger partial charge in [-0.1, -0.05) is 39.5 Å². The monoisotopic (exact) mass is 441 g/mol. The Balaban J connectivity index is 1.53. The molecule has 4 rings (SSSR count). The molecule has 32 heavy (non-hydrogen) atoms. The van der Waals surface area contributed by atoms with Crippen molar-refractivity contribution in [3.05, 3.63) is 11.6 Å². The van der Waals surface area contributed by atoms with Crippen molar-refractivity contribution >= 4 is 5.78 Å². The highest BCUT2D eigenvalue weighted by molar-refractivity contribution is 5.91. The van der Waals surface area contributed by atoms with Crippen LogP contribution in [0.15, 0.2) is 11.6 Å². The first-order chi connectivity index (χ1) is 15.2. The molecule has 0 aromatic heterocycles. The number of hydrogen-bond acceptors (Lipinski definition) is 4. The smallest absolute Gasteiger partial charge is 0.155 e. The molecule has 1 unspecified atom stereocenters. The van der Waals surface area contributed by atoms with Gasteiger partial charge in [0.15, 0.2) is 5.78 Å². The molecular weight excluding hydrogens is 398 g/mol. The van der Waals surface area contributed by atoms with Gasteiger partial charge in [0.1, 0.15) is 0 Å². The van der Waals surface area contributed by atoms with Crippen LogP contribution in [-0.4, -0.2) is 28.2 Å². The second-order valence-electron chi connectivity index (χ2n) is 12.0. The molecule has 4 aliphatic rings. The normalized spacial score (nSPS) is 44.1. The molecule has 0 amide bonds. The summed E-state index contributed by atoms with van der Waals surface area (Å²) in [5.74, 6) is 1.93. The number of aliphatic hydroxyl groups excluding tert-OH is 2. The zero-order valence-corrected chi connectivity index (χ0v) is 20.4. The maximum atomic E-state index is 12.3. The fourth-order valence-corrected chi connectivity index (χ4v) is 8.31. The third kappa shape index (κ3) is 3.98. The summed E-state index contributed by atoms with van der Waals surface area (Å²) in [5.41, 5.74) is 0.927. The maximum Gasteiger partial charge on any atom is 0.155 e. The number of unbranched alkanes of at least 4 members (excludes halogenated alkanes) is 3. The molecule has 4 heteroatoms. The summed E-state index contributed by atoms with van der Waals surface area (Å²) in [6, 6.07) is 2.32. The molecule has 0 heterocycles. The largest absolute Gasteiger partial charge is 0.393 e. The lowest BCUT2D eigenvalue weighted by molar-refractivity contribution is -0.133. The van der Waals surface area contributed by atoms with Gasteiger partial charge < -0.3 is 10.2 Å². The van der Waals surface area contributed by atoms with Crippen LogP contribution in [-0.2, 0) is 4.79 Å². The average Bonchev–Trinajstić information content (AvgIpc) is 3.08. The topological polar surface area (TPSA) is 81.3 Å². The van der Waals surface area contributed by atoms with Crippen molar-refractivity contribution in [1.82, 2.24) is 0 Å². The first-order valence-electron chi connectivity index (χ1n) is 13.2. The Morgan fingerprint density at radius 2 is 1.84 bits per heavy atom. The van der Waals surface area contributed by atoms with E-state index in [1.54, 1.807) is 6.08 Å². The van der Waals surface area contributed by atoms with Crippen LogP contribution in [0.3, 0.4) is 0 Å². The predicted octanol–water partition coefficient (Wildman–Crippen LogP) is 5.58. The molecule has 178 valence electrons. The van der Waals surface area contributed by atoms with Gasteiger partial charge in [-0.25, -0.2) is 0 Å². The maximum absolute atomic E-state index is 12.3. The van der Waals surface area contributed by atoms with Gasteiger partial charge in [-0.05, 0) is 98.0 Å². The molecule has 9 atom stereocenters. The molecule has 3 saturated carbocycles. The summed E-state index contributed by atoms with van der Waals surface area (Å²) in [5, 5.41) is 31.5. The quantitative estimate of drug-likeness (QED) is 0.506. The minimum absolute atomic E-state index is 0.0192. The first kappa shape index (κ1) is 24.0. The van der Waals surface area contributed by atoms with E-state index in [0.717, 1.165) is 76.2 Å². The number of nitrogens with zero attached hydrogens (tertiary/aromatic N) is 1. The van der Waals surface area contributed by atoms with Crippen LogP contribution in [0.25, 0.3) is 0 Å². The number of fused-ring (bicyclic) bond motifs is 5. The minimum atomic E-state index is -0.524. The standard InChI is InChI=1S/C28H43NO3/c1-18(17-29)8-6-4-5-7-9-20-25-21-10-11-24(31)28(21,3)15-13-22(25)27(2)14-12-19(30)16-23(27)26(20)32/h16,18,20-22,24-26,31-32H,4-15H2,1-3H3/t18?,20-,21-,22-,24-,25-,26+,27+,28-/m0/s1. The van der Waals surface area contributed by atoms with Crippen LogP contribution in [0.5, 0.6) is 0 Å². The zero-order chi connectivity index (χ0) is 23.1. The van der Waals surface area contributed by atoms with Crippen molar-refractivity contribution in [3.8, 4) is 6.07 Å². The Kier molecular flexibility index (Phi) is 6.91. The highest BCUT2D eigenvalue weighted by Crippen LogP contribution is 2.67. The molecule has 4 aliphatic carbocycles. The lowest BCUT2D eigenvalue weighted by Gasteiger charge is -2.61. The number of carbonyl (C=O) groups is 1. The lowest BCUT2D eigenvalue weighted by atomic mass is 9.44. The van der Waals surface area contributed by atoms with E-state index in [1.807, 2.05) is 6.92 Å². The predicted molar refractivity (Wildman–Crippen MR) is 125 cm³/mol. The number of hydrogen-bond donors (Lipinski definition) is 2. The van der Waals surface area contributed by atoms with Crippen molar-refractivity contribution in [1.29, 1.82) is 5.26 Å². The third-order valence-corrected chi connectivity index (χ3v) is 10.3. The van der Waals surface area contributed by atoms with Gasteiger partial charge >= 0.3 is 0 Å². The van der Waals surface area contributed by atoms with Crippen LogP contribution in [0.2, 0.25) is 0 Å². The number of carbonyl (C=O) groups excluding carboxylic acids is 1. The summed E-state index contributed by atoms with van der Waals surface area (Å²) in [6.07, 6.45) is 13.1. The van der Waals surface area contributed by atoms with E-state index in [1.165, 1.54) is 0 Å². The van der Waals surface area contributed by atoms with E-state index in [-0.39, 0.29) is 34.6 Å². The van der Waals surface area contributed by atoms with Crippen molar-refractivity contribution in [3.63, 3.8) is 0 Å². The summed E-state index contributed by atoms with van der Waals surface area (Å²) in [7, 11) is 0. The van der Waals surface area contributed by atoms with Gasteiger partial charge in [0, 0.05) is 12.3 Å². The Morgan fingerprint density at radius 3 is 2.59 bits per heavy atom. The zero-order valence-electron chi connectivity index (χ0n) is 20.4.